The standard InChI is InChI=1S/C27H36N4O2/c1-20(18-30-12-10-23-5-3-4-6-25(23)19-30)17-29-27(33)24-7-11-28-26(16-24)15-22-8-13-31(14-9-22)21(2)32/h3-7,11,16,20,22H,8-10,12-15,17-19H2,1-2H3,(H,29,33). The second-order valence-electron chi connectivity index (χ2n) is 9.76. The number of likely N-dealkylation sites (tertiary alicyclic amines) is 1. The molecule has 176 valence electrons. The Kier molecular flexibility index (Phi) is 7.76. The number of fused-ring (bicyclic) bond motifs is 1. The highest BCUT2D eigenvalue weighted by atomic mass is 16.2. The third-order valence-electron chi connectivity index (χ3n) is 7.03. The van der Waals surface area contributed by atoms with Crippen LogP contribution < -0.4 is 5.32 Å². The number of nitrogens with one attached hydrogen (secondary N) is 1. The molecule has 0 spiro atoms. The topological polar surface area (TPSA) is 65.5 Å². The summed E-state index contributed by atoms with van der Waals surface area (Å²) in [7, 11) is 0. The van der Waals surface area contributed by atoms with E-state index in [0.717, 1.165) is 64.1 Å². The summed E-state index contributed by atoms with van der Waals surface area (Å²) in [6.07, 6.45) is 5.69. The molecule has 0 radical (unpaired) electrons. The SMILES string of the molecule is CC(=O)N1CCC(Cc2cc(C(=O)NCC(C)CN3CCc4ccccc4C3)ccn2)CC1. The Morgan fingerprint density at radius 2 is 1.88 bits per heavy atom. The van der Waals surface area contributed by atoms with Crippen molar-refractivity contribution in [3.8, 4) is 0 Å². The molecule has 1 aromatic carbocycles. The first-order chi connectivity index (χ1) is 16.0. The number of aromatic nitrogens is 1. The fourth-order valence-electron chi connectivity index (χ4n) is 5.06. The van der Waals surface area contributed by atoms with E-state index in [4.69, 9.17) is 0 Å². The highest BCUT2D eigenvalue weighted by molar-refractivity contribution is 5.94. The summed E-state index contributed by atoms with van der Waals surface area (Å²) in [5.41, 5.74) is 4.54. The number of nitrogens with zero attached hydrogens (tertiary/aromatic N) is 3. The smallest absolute Gasteiger partial charge is 0.251 e. The van der Waals surface area contributed by atoms with Gasteiger partial charge >= 0.3 is 0 Å². The molecule has 1 unspecified atom stereocenters. The molecule has 1 fully saturated rings. The van der Waals surface area contributed by atoms with Crippen molar-refractivity contribution in [3.05, 3.63) is 65.0 Å². The van der Waals surface area contributed by atoms with Crippen LogP contribution in [-0.2, 0) is 24.2 Å². The van der Waals surface area contributed by atoms with Crippen LogP contribution in [0.1, 0.15) is 53.9 Å². The Morgan fingerprint density at radius 1 is 1.12 bits per heavy atom. The van der Waals surface area contributed by atoms with Gasteiger partial charge in [0.1, 0.15) is 0 Å². The van der Waals surface area contributed by atoms with Crippen molar-refractivity contribution in [2.75, 3.05) is 32.7 Å². The van der Waals surface area contributed by atoms with Gasteiger partial charge in [0, 0.05) is 63.6 Å². The predicted molar refractivity (Wildman–Crippen MR) is 130 cm³/mol. The molecule has 2 aromatic rings. The summed E-state index contributed by atoms with van der Waals surface area (Å²) in [6, 6.07) is 12.4. The number of hydrogen-bond acceptors (Lipinski definition) is 4. The summed E-state index contributed by atoms with van der Waals surface area (Å²) in [4.78, 5) is 33.2. The average Bonchev–Trinajstić information content (AvgIpc) is 2.83. The lowest BCUT2D eigenvalue weighted by Crippen LogP contribution is -2.38. The Bertz CT molecular complexity index is 968. The van der Waals surface area contributed by atoms with Gasteiger partial charge in [-0.2, -0.15) is 0 Å². The normalized spacial score (nSPS) is 17.9. The van der Waals surface area contributed by atoms with Crippen molar-refractivity contribution in [2.45, 2.75) is 46.1 Å². The van der Waals surface area contributed by atoms with Gasteiger partial charge in [-0.3, -0.25) is 19.5 Å². The molecule has 33 heavy (non-hydrogen) atoms. The minimum absolute atomic E-state index is 0.0270. The minimum atomic E-state index is -0.0270. The quantitative estimate of drug-likeness (QED) is 0.706. The van der Waals surface area contributed by atoms with Gasteiger partial charge in [0.25, 0.3) is 5.91 Å². The summed E-state index contributed by atoms with van der Waals surface area (Å²) in [6.45, 7) is 9.19. The molecule has 1 atom stereocenters. The van der Waals surface area contributed by atoms with E-state index in [-0.39, 0.29) is 11.8 Å². The number of amides is 2. The van der Waals surface area contributed by atoms with Crippen molar-refractivity contribution in [1.82, 2.24) is 20.1 Å². The van der Waals surface area contributed by atoms with Gasteiger partial charge in [0.15, 0.2) is 0 Å². The first kappa shape index (κ1) is 23.4. The van der Waals surface area contributed by atoms with Crippen LogP contribution in [0.2, 0.25) is 0 Å². The van der Waals surface area contributed by atoms with Crippen molar-refractivity contribution in [3.63, 3.8) is 0 Å². The highest BCUT2D eigenvalue weighted by Crippen LogP contribution is 2.22. The molecule has 1 saturated heterocycles. The molecule has 1 aromatic heterocycles. The van der Waals surface area contributed by atoms with Gasteiger partial charge in [-0.1, -0.05) is 31.2 Å². The van der Waals surface area contributed by atoms with Gasteiger partial charge < -0.3 is 10.2 Å². The number of rotatable bonds is 7. The second kappa shape index (κ2) is 10.9. The molecule has 6 nitrogen and oxygen atoms in total. The molecule has 3 heterocycles. The monoisotopic (exact) mass is 448 g/mol. The van der Waals surface area contributed by atoms with Gasteiger partial charge in [-0.15, -0.1) is 0 Å². The molecule has 2 aliphatic heterocycles. The molecule has 2 amide bonds. The van der Waals surface area contributed by atoms with E-state index in [2.05, 4.69) is 46.4 Å². The molecule has 0 bridgehead atoms. The molecular weight excluding hydrogens is 412 g/mol. The van der Waals surface area contributed by atoms with Crippen LogP contribution in [0.25, 0.3) is 0 Å². The molecule has 4 rings (SSSR count). The van der Waals surface area contributed by atoms with E-state index in [1.54, 1.807) is 19.2 Å². The van der Waals surface area contributed by atoms with Gasteiger partial charge in [0.2, 0.25) is 5.91 Å². The van der Waals surface area contributed by atoms with E-state index in [1.165, 1.54) is 11.1 Å². The van der Waals surface area contributed by atoms with E-state index in [1.807, 2.05) is 11.0 Å². The molecule has 1 N–H and O–H groups in total. The first-order valence-electron chi connectivity index (χ1n) is 12.3. The van der Waals surface area contributed by atoms with Crippen LogP contribution in [0, 0.1) is 11.8 Å². The van der Waals surface area contributed by atoms with Gasteiger partial charge in [-0.05, 0) is 60.8 Å². The summed E-state index contributed by atoms with van der Waals surface area (Å²) >= 11 is 0. The Hall–Kier alpha value is -2.73. The van der Waals surface area contributed by atoms with E-state index in [0.29, 0.717) is 23.9 Å². The molecule has 6 heteroatoms. The van der Waals surface area contributed by atoms with Crippen LogP contribution in [0.3, 0.4) is 0 Å². The highest BCUT2D eigenvalue weighted by Gasteiger charge is 2.22. The molecule has 0 saturated carbocycles. The van der Waals surface area contributed by atoms with Crippen molar-refractivity contribution >= 4 is 11.8 Å². The number of benzene rings is 1. The largest absolute Gasteiger partial charge is 0.352 e. The molecular formula is C27H36N4O2. The summed E-state index contributed by atoms with van der Waals surface area (Å²) in [5, 5.41) is 3.12. The van der Waals surface area contributed by atoms with E-state index < -0.39 is 0 Å². The maximum absolute atomic E-state index is 12.8. The Morgan fingerprint density at radius 3 is 2.64 bits per heavy atom. The van der Waals surface area contributed by atoms with Gasteiger partial charge in [0.05, 0.1) is 0 Å². The maximum atomic E-state index is 12.8. The minimum Gasteiger partial charge on any atom is -0.352 e. The number of carbonyl (C=O) groups excluding carboxylic acids is 2. The Labute approximate surface area is 197 Å². The third kappa shape index (κ3) is 6.41. The van der Waals surface area contributed by atoms with E-state index in [9.17, 15) is 9.59 Å². The van der Waals surface area contributed by atoms with Gasteiger partial charge in [-0.25, -0.2) is 0 Å². The number of pyridine rings is 1. The lowest BCUT2D eigenvalue weighted by molar-refractivity contribution is -0.130. The van der Waals surface area contributed by atoms with Crippen LogP contribution in [0.5, 0.6) is 0 Å². The number of hydrogen-bond donors (Lipinski definition) is 1. The van der Waals surface area contributed by atoms with Crippen LogP contribution in [0.4, 0.5) is 0 Å². The summed E-state index contributed by atoms with van der Waals surface area (Å²) in [5.74, 6) is 1.03. The zero-order chi connectivity index (χ0) is 23.2. The summed E-state index contributed by atoms with van der Waals surface area (Å²) < 4.78 is 0. The average molecular weight is 449 g/mol. The van der Waals surface area contributed by atoms with Crippen molar-refractivity contribution in [1.29, 1.82) is 0 Å². The fraction of sp³-hybridized carbons (Fsp3) is 0.519. The fourth-order valence-corrected chi connectivity index (χ4v) is 5.06. The first-order valence-corrected chi connectivity index (χ1v) is 12.3. The zero-order valence-electron chi connectivity index (χ0n) is 19.9. The van der Waals surface area contributed by atoms with Crippen molar-refractivity contribution < 1.29 is 9.59 Å². The van der Waals surface area contributed by atoms with E-state index >= 15 is 0 Å². The lowest BCUT2D eigenvalue weighted by Gasteiger charge is -2.31. The Balaban J connectivity index is 1.23. The lowest BCUT2D eigenvalue weighted by atomic mass is 9.91. The van der Waals surface area contributed by atoms with Crippen LogP contribution in [-0.4, -0.2) is 59.3 Å². The molecule has 0 aliphatic carbocycles. The number of piperidine rings is 1. The number of carbonyl (C=O) groups is 2. The van der Waals surface area contributed by atoms with Crippen molar-refractivity contribution in [2.24, 2.45) is 11.8 Å². The molecule has 2 aliphatic rings. The third-order valence-corrected chi connectivity index (χ3v) is 7.03. The van der Waals surface area contributed by atoms with Crippen LogP contribution >= 0.6 is 0 Å². The maximum Gasteiger partial charge on any atom is 0.251 e. The second-order valence-corrected chi connectivity index (χ2v) is 9.76. The predicted octanol–water partition coefficient (Wildman–Crippen LogP) is 3.31. The zero-order valence-corrected chi connectivity index (χ0v) is 19.9. The van der Waals surface area contributed by atoms with Crippen LogP contribution in [0.15, 0.2) is 42.6 Å².